The van der Waals surface area contributed by atoms with Crippen molar-refractivity contribution in [3.05, 3.63) is 65.2 Å². The van der Waals surface area contributed by atoms with Crippen molar-refractivity contribution in [3.63, 3.8) is 0 Å². The van der Waals surface area contributed by atoms with Crippen LogP contribution in [0.4, 0.5) is 0 Å². The predicted octanol–water partition coefficient (Wildman–Crippen LogP) is 2.26. The molecular weight excluding hydrogens is 318 g/mol. The van der Waals surface area contributed by atoms with E-state index in [4.69, 9.17) is 10.00 Å². The maximum absolute atomic E-state index is 11.9. The Kier molecular flexibility index (Phi) is 4.81. The van der Waals surface area contributed by atoms with Crippen molar-refractivity contribution in [3.8, 4) is 17.5 Å². The monoisotopic (exact) mass is 333 g/mol. The van der Waals surface area contributed by atoms with E-state index < -0.39 is 5.97 Å². The third-order valence-electron chi connectivity index (χ3n) is 3.52. The highest BCUT2D eigenvalue weighted by molar-refractivity contribution is 5.69. The number of carbonyl (C=O) groups is 1. The molecule has 0 radical (unpaired) electrons. The first-order chi connectivity index (χ1) is 12.1. The topological polar surface area (TPSA) is 93.7 Å². The third kappa shape index (κ3) is 4.26. The van der Waals surface area contributed by atoms with Gasteiger partial charge in [0.05, 0.1) is 11.6 Å². The standard InChI is InChI=1S/C18H15N5O2/c1-13-2-8-16(9-3-13)18-20-22-23(21-18)11-17(24)25-12-15-6-4-14(10-19)5-7-15/h2-9H,11-12H2,1H3. The summed E-state index contributed by atoms with van der Waals surface area (Å²) >= 11 is 0. The van der Waals surface area contributed by atoms with Gasteiger partial charge in [-0.05, 0) is 29.8 Å². The molecule has 0 aliphatic heterocycles. The Morgan fingerprint density at radius 3 is 2.56 bits per heavy atom. The fourth-order valence-electron chi connectivity index (χ4n) is 2.13. The molecule has 0 fully saturated rings. The Hall–Kier alpha value is -3.53. The van der Waals surface area contributed by atoms with Crippen molar-refractivity contribution in [2.45, 2.75) is 20.1 Å². The summed E-state index contributed by atoms with van der Waals surface area (Å²) in [4.78, 5) is 13.1. The van der Waals surface area contributed by atoms with E-state index in [1.54, 1.807) is 24.3 Å². The summed E-state index contributed by atoms with van der Waals surface area (Å²) in [5, 5.41) is 20.8. The molecule has 2 aromatic carbocycles. The van der Waals surface area contributed by atoms with Crippen LogP contribution < -0.4 is 0 Å². The Labute approximate surface area is 144 Å². The first-order valence-corrected chi connectivity index (χ1v) is 7.63. The van der Waals surface area contributed by atoms with Crippen LogP contribution in [-0.2, 0) is 22.7 Å². The Morgan fingerprint density at radius 2 is 1.88 bits per heavy atom. The smallest absolute Gasteiger partial charge is 0.330 e. The van der Waals surface area contributed by atoms with E-state index in [1.807, 2.05) is 37.3 Å². The highest BCUT2D eigenvalue weighted by atomic mass is 16.5. The largest absolute Gasteiger partial charge is 0.459 e. The van der Waals surface area contributed by atoms with Gasteiger partial charge >= 0.3 is 5.97 Å². The number of nitrogens with zero attached hydrogens (tertiary/aromatic N) is 5. The van der Waals surface area contributed by atoms with Gasteiger partial charge in [0.2, 0.25) is 5.82 Å². The van der Waals surface area contributed by atoms with Crippen LogP contribution >= 0.6 is 0 Å². The molecule has 124 valence electrons. The van der Waals surface area contributed by atoms with Crippen LogP contribution in [0.1, 0.15) is 16.7 Å². The van der Waals surface area contributed by atoms with Gasteiger partial charge in [-0.15, -0.1) is 10.2 Å². The number of esters is 1. The second-order valence-electron chi connectivity index (χ2n) is 5.48. The van der Waals surface area contributed by atoms with E-state index in [0.717, 1.165) is 16.7 Å². The molecule has 3 aromatic rings. The fourth-order valence-corrected chi connectivity index (χ4v) is 2.13. The van der Waals surface area contributed by atoms with Gasteiger partial charge in [-0.3, -0.25) is 0 Å². The molecule has 0 saturated heterocycles. The molecule has 0 N–H and O–H groups in total. The van der Waals surface area contributed by atoms with Gasteiger partial charge in [0.1, 0.15) is 6.61 Å². The lowest BCUT2D eigenvalue weighted by atomic mass is 10.1. The van der Waals surface area contributed by atoms with Gasteiger partial charge in [0, 0.05) is 5.56 Å². The van der Waals surface area contributed by atoms with Crippen LogP contribution in [0, 0.1) is 18.3 Å². The van der Waals surface area contributed by atoms with Crippen LogP contribution in [0.2, 0.25) is 0 Å². The van der Waals surface area contributed by atoms with Crippen LogP contribution in [0.25, 0.3) is 11.4 Å². The second kappa shape index (κ2) is 7.36. The molecule has 0 aliphatic rings. The first kappa shape index (κ1) is 16.3. The zero-order chi connectivity index (χ0) is 17.6. The number of aryl methyl sites for hydroxylation is 1. The molecule has 7 heteroatoms. The van der Waals surface area contributed by atoms with Crippen LogP contribution in [0.3, 0.4) is 0 Å². The SMILES string of the molecule is Cc1ccc(-c2nnn(CC(=O)OCc3ccc(C#N)cc3)n2)cc1. The summed E-state index contributed by atoms with van der Waals surface area (Å²) in [5.74, 6) is -0.00268. The van der Waals surface area contributed by atoms with Crippen LogP contribution in [0.15, 0.2) is 48.5 Å². The maximum Gasteiger partial charge on any atom is 0.330 e. The highest BCUT2D eigenvalue weighted by Crippen LogP contribution is 2.14. The van der Waals surface area contributed by atoms with Crippen molar-refractivity contribution in [1.29, 1.82) is 5.26 Å². The van der Waals surface area contributed by atoms with Crippen molar-refractivity contribution in [2.75, 3.05) is 0 Å². The molecule has 0 bridgehead atoms. The second-order valence-corrected chi connectivity index (χ2v) is 5.48. The molecule has 0 unspecified atom stereocenters. The Morgan fingerprint density at radius 1 is 1.16 bits per heavy atom. The minimum absolute atomic E-state index is 0.116. The number of benzene rings is 2. The average Bonchev–Trinajstić information content (AvgIpc) is 3.09. The summed E-state index contributed by atoms with van der Waals surface area (Å²) in [7, 11) is 0. The Balaban J connectivity index is 1.56. The van der Waals surface area contributed by atoms with Crippen LogP contribution in [-0.4, -0.2) is 26.2 Å². The molecule has 0 atom stereocenters. The van der Waals surface area contributed by atoms with Gasteiger partial charge in [-0.25, -0.2) is 4.79 Å². The summed E-state index contributed by atoms with van der Waals surface area (Å²) in [5.41, 5.74) is 3.34. The Bertz CT molecular complexity index is 908. The van der Waals surface area contributed by atoms with Gasteiger partial charge < -0.3 is 4.74 Å². The number of carbonyl (C=O) groups excluding carboxylic acids is 1. The lowest BCUT2D eigenvalue weighted by Crippen LogP contribution is -2.15. The number of tetrazole rings is 1. The summed E-state index contributed by atoms with van der Waals surface area (Å²) in [6.07, 6.45) is 0. The number of ether oxygens (including phenoxy) is 1. The molecule has 25 heavy (non-hydrogen) atoms. The predicted molar refractivity (Wildman–Crippen MR) is 88.9 cm³/mol. The van der Waals surface area contributed by atoms with E-state index in [0.29, 0.717) is 11.4 Å². The van der Waals surface area contributed by atoms with Crippen molar-refractivity contribution < 1.29 is 9.53 Å². The van der Waals surface area contributed by atoms with Gasteiger partial charge in [-0.2, -0.15) is 10.1 Å². The minimum atomic E-state index is -0.461. The van der Waals surface area contributed by atoms with Gasteiger partial charge in [0.15, 0.2) is 6.54 Å². The molecular formula is C18H15N5O2. The van der Waals surface area contributed by atoms with Gasteiger partial charge in [0.25, 0.3) is 0 Å². The molecule has 0 amide bonds. The van der Waals surface area contributed by atoms with E-state index in [9.17, 15) is 4.79 Å². The third-order valence-corrected chi connectivity index (χ3v) is 3.52. The van der Waals surface area contributed by atoms with E-state index in [2.05, 4.69) is 15.4 Å². The minimum Gasteiger partial charge on any atom is -0.459 e. The zero-order valence-electron chi connectivity index (χ0n) is 13.6. The van der Waals surface area contributed by atoms with Crippen LogP contribution in [0.5, 0.6) is 0 Å². The highest BCUT2D eigenvalue weighted by Gasteiger charge is 2.10. The molecule has 1 heterocycles. The number of aromatic nitrogens is 4. The zero-order valence-corrected chi connectivity index (χ0v) is 13.6. The fraction of sp³-hybridized carbons (Fsp3) is 0.167. The molecule has 3 rings (SSSR count). The van der Waals surface area contributed by atoms with E-state index in [-0.39, 0.29) is 13.2 Å². The number of rotatable bonds is 5. The number of hydrogen-bond donors (Lipinski definition) is 0. The molecule has 7 nitrogen and oxygen atoms in total. The van der Waals surface area contributed by atoms with Crippen molar-refractivity contribution in [1.82, 2.24) is 20.2 Å². The molecule has 0 spiro atoms. The first-order valence-electron chi connectivity index (χ1n) is 7.63. The quantitative estimate of drug-likeness (QED) is 0.665. The molecule has 0 aliphatic carbocycles. The summed E-state index contributed by atoms with van der Waals surface area (Å²) in [6, 6.07) is 16.6. The van der Waals surface area contributed by atoms with E-state index >= 15 is 0 Å². The molecule has 1 aromatic heterocycles. The average molecular weight is 333 g/mol. The lowest BCUT2D eigenvalue weighted by Gasteiger charge is -2.04. The lowest BCUT2D eigenvalue weighted by molar-refractivity contribution is -0.146. The maximum atomic E-state index is 11.9. The summed E-state index contributed by atoms with van der Waals surface area (Å²) in [6.45, 7) is 2.01. The number of hydrogen-bond acceptors (Lipinski definition) is 6. The van der Waals surface area contributed by atoms with E-state index in [1.165, 1.54) is 4.80 Å². The van der Waals surface area contributed by atoms with Crippen molar-refractivity contribution >= 4 is 5.97 Å². The molecule has 0 saturated carbocycles. The number of nitriles is 1. The van der Waals surface area contributed by atoms with Gasteiger partial charge in [-0.1, -0.05) is 42.0 Å². The summed E-state index contributed by atoms with van der Waals surface area (Å²) < 4.78 is 5.19. The van der Waals surface area contributed by atoms with Crippen molar-refractivity contribution in [2.24, 2.45) is 0 Å². The normalized spacial score (nSPS) is 10.2.